The molecule has 1 unspecified atom stereocenters. The van der Waals surface area contributed by atoms with Gasteiger partial charge in [-0.2, -0.15) is 0 Å². The van der Waals surface area contributed by atoms with E-state index in [1.807, 2.05) is 31.3 Å². The lowest BCUT2D eigenvalue weighted by Crippen LogP contribution is -2.45. The SMILES string of the molecule is CCC(N)C(=O)NCCCn1cc(-c2ccc(OC(F)(F)F)cc2)c2cc(CN3CCN(Cc4c(Cl)cccc4Cl)CC3)ccc21. The summed E-state index contributed by atoms with van der Waals surface area (Å²) in [6.07, 6.45) is -1.48. The number of halogens is 5. The summed E-state index contributed by atoms with van der Waals surface area (Å²) >= 11 is 12.8. The Labute approximate surface area is 277 Å². The number of fused-ring (bicyclic) bond motifs is 1. The lowest BCUT2D eigenvalue weighted by Gasteiger charge is -2.35. The first-order valence-corrected chi connectivity index (χ1v) is 16.1. The number of hydrogen-bond donors (Lipinski definition) is 2. The van der Waals surface area contributed by atoms with Crippen molar-refractivity contribution in [1.82, 2.24) is 19.7 Å². The molecule has 0 radical (unpaired) electrons. The van der Waals surface area contributed by atoms with Gasteiger partial charge in [-0.3, -0.25) is 14.6 Å². The highest BCUT2D eigenvalue weighted by atomic mass is 35.5. The molecule has 0 spiro atoms. The van der Waals surface area contributed by atoms with E-state index in [9.17, 15) is 18.0 Å². The van der Waals surface area contributed by atoms with Gasteiger partial charge in [0.1, 0.15) is 5.75 Å². The number of nitrogens with zero attached hydrogens (tertiary/aromatic N) is 3. The third-order valence-corrected chi connectivity index (χ3v) is 9.02. The van der Waals surface area contributed by atoms with Gasteiger partial charge in [-0.15, -0.1) is 13.2 Å². The molecule has 1 fully saturated rings. The van der Waals surface area contributed by atoms with Crippen LogP contribution in [-0.4, -0.2) is 65.4 Å². The van der Waals surface area contributed by atoms with E-state index in [-0.39, 0.29) is 11.7 Å². The Morgan fingerprint density at radius 1 is 0.978 bits per heavy atom. The maximum Gasteiger partial charge on any atom is 0.573 e. The van der Waals surface area contributed by atoms with E-state index >= 15 is 0 Å². The fraction of sp³-hybridized carbons (Fsp3) is 0.382. The highest BCUT2D eigenvalue weighted by molar-refractivity contribution is 6.35. The molecule has 3 N–H and O–H groups in total. The Morgan fingerprint density at radius 2 is 1.63 bits per heavy atom. The average Bonchev–Trinajstić information content (AvgIpc) is 3.38. The van der Waals surface area contributed by atoms with Gasteiger partial charge in [0, 0.05) is 90.6 Å². The predicted octanol–water partition coefficient (Wildman–Crippen LogP) is 7.08. The summed E-state index contributed by atoms with van der Waals surface area (Å²) in [7, 11) is 0. The standard InChI is InChI=1S/C34H38Cl2F3N5O2/c1-2-31(40)33(45)41-13-4-14-44-22-27(24-8-10-25(11-9-24)46-34(37,38)39)26-19-23(7-12-32(26)44)20-42-15-17-43(18-16-42)21-28-29(35)5-3-6-30(28)36/h3,5-12,19,22,31H,2,4,13-18,20-21,40H2,1H3,(H,41,45). The third-order valence-electron chi connectivity index (χ3n) is 8.31. The molecule has 4 aromatic rings. The molecular formula is C34H38Cl2F3N5O2. The van der Waals surface area contributed by atoms with Crippen LogP contribution in [0.4, 0.5) is 13.2 Å². The summed E-state index contributed by atoms with van der Waals surface area (Å²) in [5.41, 5.74) is 10.6. The topological polar surface area (TPSA) is 75.8 Å². The molecule has 0 aliphatic carbocycles. The lowest BCUT2D eigenvalue weighted by atomic mass is 10.0. The second kappa shape index (κ2) is 15.1. The summed E-state index contributed by atoms with van der Waals surface area (Å²) in [6, 6.07) is 17.4. The molecule has 46 heavy (non-hydrogen) atoms. The molecule has 2 heterocycles. The number of aromatic nitrogens is 1. The molecule has 1 amide bonds. The van der Waals surface area contributed by atoms with Crippen molar-refractivity contribution in [2.75, 3.05) is 32.7 Å². The number of piperazine rings is 1. The zero-order valence-electron chi connectivity index (χ0n) is 25.6. The maximum absolute atomic E-state index is 12.8. The maximum atomic E-state index is 12.8. The van der Waals surface area contributed by atoms with Crippen molar-refractivity contribution in [1.29, 1.82) is 0 Å². The zero-order chi connectivity index (χ0) is 32.8. The number of hydrogen-bond acceptors (Lipinski definition) is 5. The van der Waals surface area contributed by atoms with Crippen LogP contribution in [0.3, 0.4) is 0 Å². The molecule has 12 heteroatoms. The van der Waals surface area contributed by atoms with Gasteiger partial charge >= 0.3 is 6.36 Å². The molecule has 0 saturated carbocycles. The molecule has 1 aromatic heterocycles. The number of nitrogens with one attached hydrogen (secondary N) is 1. The van der Waals surface area contributed by atoms with E-state index in [4.69, 9.17) is 28.9 Å². The first kappa shape index (κ1) is 34.1. The minimum absolute atomic E-state index is 0.167. The van der Waals surface area contributed by atoms with Crippen LogP contribution >= 0.6 is 23.2 Å². The van der Waals surface area contributed by atoms with Crippen molar-refractivity contribution in [2.24, 2.45) is 5.73 Å². The molecule has 0 bridgehead atoms. The summed E-state index contributed by atoms with van der Waals surface area (Å²) < 4.78 is 44.5. The number of nitrogens with two attached hydrogens (primary N) is 1. The van der Waals surface area contributed by atoms with E-state index in [1.54, 1.807) is 12.1 Å². The molecule has 246 valence electrons. The van der Waals surface area contributed by atoms with Gasteiger partial charge < -0.3 is 20.4 Å². The van der Waals surface area contributed by atoms with E-state index in [0.717, 1.165) is 65.9 Å². The van der Waals surface area contributed by atoms with Crippen molar-refractivity contribution in [2.45, 2.75) is 51.8 Å². The third kappa shape index (κ3) is 8.74. The number of ether oxygens (including phenoxy) is 1. The smallest absolute Gasteiger partial charge is 0.406 e. The van der Waals surface area contributed by atoms with Gasteiger partial charge in [-0.1, -0.05) is 54.4 Å². The molecule has 1 atom stereocenters. The van der Waals surface area contributed by atoms with E-state index < -0.39 is 12.4 Å². The highest BCUT2D eigenvalue weighted by Crippen LogP contribution is 2.34. The van der Waals surface area contributed by atoms with Crippen LogP contribution in [0.2, 0.25) is 10.0 Å². The number of aryl methyl sites for hydroxylation is 1. The Kier molecular flexibility index (Phi) is 11.2. The van der Waals surface area contributed by atoms with Crippen LogP contribution in [0.15, 0.2) is 66.9 Å². The van der Waals surface area contributed by atoms with Crippen LogP contribution in [-0.2, 0) is 24.4 Å². The van der Waals surface area contributed by atoms with Gasteiger partial charge in [-0.05, 0) is 60.4 Å². The Bertz CT molecular complexity index is 1620. The summed E-state index contributed by atoms with van der Waals surface area (Å²) in [6.45, 7) is 8.02. The number of carbonyl (C=O) groups is 1. The minimum Gasteiger partial charge on any atom is -0.406 e. The highest BCUT2D eigenvalue weighted by Gasteiger charge is 2.31. The second-order valence-electron chi connectivity index (χ2n) is 11.6. The number of alkyl halides is 3. The van der Waals surface area contributed by atoms with Crippen LogP contribution in [0, 0.1) is 0 Å². The van der Waals surface area contributed by atoms with Crippen molar-refractivity contribution >= 4 is 40.0 Å². The molecule has 3 aromatic carbocycles. The summed E-state index contributed by atoms with van der Waals surface area (Å²) in [5, 5.41) is 5.25. The van der Waals surface area contributed by atoms with E-state index in [1.165, 1.54) is 12.1 Å². The zero-order valence-corrected chi connectivity index (χ0v) is 27.1. The van der Waals surface area contributed by atoms with Crippen LogP contribution in [0.25, 0.3) is 22.0 Å². The van der Waals surface area contributed by atoms with Gasteiger partial charge in [0.15, 0.2) is 0 Å². The lowest BCUT2D eigenvalue weighted by molar-refractivity contribution is -0.274. The molecule has 5 rings (SSSR count). The minimum atomic E-state index is -4.75. The number of rotatable bonds is 12. The number of benzene rings is 3. The fourth-order valence-electron chi connectivity index (χ4n) is 5.74. The van der Waals surface area contributed by atoms with Crippen molar-refractivity contribution in [3.8, 4) is 16.9 Å². The predicted molar refractivity (Wildman–Crippen MR) is 177 cm³/mol. The number of amides is 1. The fourth-order valence-corrected chi connectivity index (χ4v) is 6.26. The van der Waals surface area contributed by atoms with Gasteiger partial charge in [0.05, 0.1) is 6.04 Å². The largest absolute Gasteiger partial charge is 0.573 e. The average molecular weight is 677 g/mol. The molecule has 1 aliphatic heterocycles. The normalized spacial score (nSPS) is 15.3. The van der Waals surface area contributed by atoms with Gasteiger partial charge in [-0.25, -0.2) is 0 Å². The van der Waals surface area contributed by atoms with Crippen molar-refractivity contribution < 1.29 is 22.7 Å². The molecular weight excluding hydrogens is 638 g/mol. The first-order chi connectivity index (χ1) is 22.0. The summed E-state index contributed by atoms with van der Waals surface area (Å²) in [4.78, 5) is 16.9. The van der Waals surface area contributed by atoms with E-state index in [2.05, 4.69) is 42.6 Å². The van der Waals surface area contributed by atoms with Crippen molar-refractivity contribution in [3.63, 3.8) is 0 Å². The Balaban J connectivity index is 1.31. The van der Waals surface area contributed by atoms with Crippen LogP contribution in [0.5, 0.6) is 5.75 Å². The monoisotopic (exact) mass is 675 g/mol. The van der Waals surface area contributed by atoms with Gasteiger partial charge in [0.2, 0.25) is 5.91 Å². The van der Waals surface area contributed by atoms with Crippen LogP contribution in [0.1, 0.15) is 30.9 Å². The van der Waals surface area contributed by atoms with Crippen LogP contribution < -0.4 is 15.8 Å². The Hall–Kier alpha value is -3.28. The Morgan fingerprint density at radius 3 is 2.26 bits per heavy atom. The van der Waals surface area contributed by atoms with Crippen molar-refractivity contribution in [3.05, 3.63) is 88.0 Å². The molecule has 7 nitrogen and oxygen atoms in total. The quantitative estimate of drug-likeness (QED) is 0.157. The second-order valence-corrected chi connectivity index (χ2v) is 12.4. The van der Waals surface area contributed by atoms with E-state index in [0.29, 0.717) is 42.5 Å². The molecule has 1 saturated heterocycles. The first-order valence-electron chi connectivity index (χ1n) is 15.4. The number of carbonyl (C=O) groups excluding carboxylic acids is 1. The summed E-state index contributed by atoms with van der Waals surface area (Å²) in [5.74, 6) is -0.433. The van der Waals surface area contributed by atoms with Gasteiger partial charge in [0.25, 0.3) is 0 Å². The molecule has 1 aliphatic rings.